The Morgan fingerprint density at radius 3 is 2.00 bits per heavy atom. The van der Waals surface area contributed by atoms with Gasteiger partial charge in [-0.15, -0.1) is 0 Å². The Morgan fingerprint density at radius 2 is 1.54 bits per heavy atom. The topological polar surface area (TPSA) is 95.2 Å². The number of hydrogen-bond acceptors (Lipinski definition) is 6. The van der Waals surface area contributed by atoms with Gasteiger partial charge in [-0.1, -0.05) is 41.5 Å². The van der Waals surface area contributed by atoms with Crippen molar-refractivity contribution in [3.63, 3.8) is 0 Å². The number of rotatable bonds is 7. The van der Waals surface area contributed by atoms with Gasteiger partial charge in [0.15, 0.2) is 17.8 Å². The Hall–Kier alpha value is -2.08. The summed E-state index contributed by atoms with van der Waals surface area (Å²) in [7, 11) is 3.32. The highest BCUT2D eigenvalue weighted by atomic mass is 16.5. The molecular formula is C22H36N4O2. The normalized spacial score (nSPS) is 22.5. The Morgan fingerprint density at radius 1 is 0.964 bits per heavy atom. The summed E-state index contributed by atoms with van der Waals surface area (Å²) in [6.45, 7) is 13.0. The van der Waals surface area contributed by atoms with Crippen LogP contribution in [0.1, 0.15) is 58.6 Å². The number of nitrogens with two attached hydrogens (primary N) is 2. The molecule has 0 saturated carbocycles. The summed E-state index contributed by atoms with van der Waals surface area (Å²) in [5.41, 5.74) is 15.5. The lowest BCUT2D eigenvalue weighted by atomic mass is 9.64. The summed E-state index contributed by atoms with van der Waals surface area (Å²) in [5, 5.41) is 0. The van der Waals surface area contributed by atoms with Crippen LogP contribution < -0.4 is 20.9 Å². The van der Waals surface area contributed by atoms with Crippen LogP contribution in [0.25, 0.3) is 0 Å². The SMILES string of the molecule is COc1cc(CC2(C(C)C)C(N)=NC(N)N=C2C(C)C)c(C(C)C)cc1OC. The number of ether oxygens (including phenoxy) is 2. The van der Waals surface area contributed by atoms with E-state index >= 15 is 0 Å². The molecule has 28 heavy (non-hydrogen) atoms. The zero-order valence-corrected chi connectivity index (χ0v) is 18.5. The molecule has 6 nitrogen and oxygen atoms in total. The number of benzene rings is 1. The van der Waals surface area contributed by atoms with E-state index < -0.39 is 11.7 Å². The third-order valence-electron chi connectivity index (χ3n) is 5.73. The number of hydrogen-bond donors (Lipinski definition) is 2. The lowest BCUT2D eigenvalue weighted by molar-refractivity contribution is 0.350. The Balaban J connectivity index is 2.71. The van der Waals surface area contributed by atoms with Crippen LogP contribution in [0.15, 0.2) is 22.1 Å². The Kier molecular flexibility index (Phi) is 6.75. The summed E-state index contributed by atoms with van der Waals surface area (Å²) in [6.07, 6.45) is 0.0664. The Labute approximate surface area is 169 Å². The third-order valence-corrected chi connectivity index (χ3v) is 5.73. The summed E-state index contributed by atoms with van der Waals surface area (Å²) in [5.74, 6) is 2.76. The van der Waals surface area contributed by atoms with E-state index in [-0.39, 0.29) is 11.8 Å². The number of amidine groups is 1. The molecule has 0 aliphatic carbocycles. The molecule has 1 aliphatic heterocycles. The molecule has 156 valence electrons. The fraction of sp³-hybridized carbons (Fsp3) is 0.636. The molecule has 0 saturated heterocycles. The molecule has 4 N–H and O–H groups in total. The molecule has 0 fully saturated rings. The highest BCUT2D eigenvalue weighted by molar-refractivity contribution is 6.12. The first-order valence-electron chi connectivity index (χ1n) is 10.0. The van der Waals surface area contributed by atoms with Crippen LogP contribution in [-0.4, -0.2) is 32.1 Å². The highest BCUT2D eigenvalue weighted by Crippen LogP contribution is 2.43. The fourth-order valence-electron chi connectivity index (χ4n) is 4.24. The van der Waals surface area contributed by atoms with Crippen molar-refractivity contribution < 1.29 is 9.47 Å². The van der Waals surface area contributed by atoms with E-state index in [0.29, 0.717) is 23.9 Å². The average Bonchev–Trinajstić information content (AvgIpc) is 2.62. The van der Waals surface area contributed by atoms with Gasteiger partial charge in [-0.3, -0.25) is 10.7 Å². The molecule has 0 aromatic heterocycles. The number of methoxy groups -OCH3 is 2. The lowest BCUT2D eigenvalue weighted by Crippen LogP contribution is -2.55. The highest BCUT2D eigenvalue weighted by Gasteiger charge is 2.46. The van der Waals surface area contributed by atoms with Gasteiger partial charge in [-0.25, -0.2) is 4.99 Å². The molecule has 1 aromatic rings. The smallest absolute Gasteiger partial charge is 0.193 e. The maximum absolute atomic E-state index is 6.57. The van der Waals surface area contributed by atoms with Crippen LogP contribution >= 0.6 is 0 Å². The van der Waals surface area contributed by atoms with Gasteiger partial charge in [0.2, 0.25) is 0 Å². The van der Waals surface area contributed by atoms with Gasteiger partial charge >= 0.3 is 0 Å². The lowest BCUT2D eigenvalue weighted by Gasteiger charge is -2.43. The summed E-state index contributed by atoms with van der Waals surface area (Å²) >= 11 is 0. The molecule has 1 aliphatic rings. The van der Waals surface area contributed by atoms with E-state index in [0.717, 1.165) is 11.5 Å². The predicted octanol–water partition coefficient (Wildman–Crippen LogP) is 3.72. The second-order valence-corrected chi connectivity index (χ2v) is 8.46. The van der Waals surface area contributed by atoms with Crippen molar-refractivity contribution in [2.24, 2.45) is 38.7 Å². The molecule has 0 bridgehead atoms. The molecule has 2 rings (SSSR count). The van der Waals surface area contributed by atoms with E-state index in [1.54, 1.807) is 14.2 Å². The van der Waals surface area contributed by atoms with Crippen LogP contribution in [0.5, 0.6) is 11.5 Å². The molecule has 1 aromatic carbocycles. The van der Waals surface area contributed by atoms with Crippen LogP contribution in [0.4, 0.5) is 0 Å². The maximum atomic E-state index is 6.57. The third kappa shape index (κ3) is 3.88. The first-order chi connectivity index (χ1) is 13.1. The summed E-state index contributed by atoms with van der Waals surface area (Å²) < 4.78 is 11.1. The largest absolute Gasteiger partial charge is 0.493 e. The standard InChI is InChI=1S/C22H36N4O2/c1-12(2)16-10-18(28-8)17(27-7)9-15(16)11-22(14(5)6)19(13(3)4)25-21(24)26-20(22)23/h9-10,12-14,21H,11,24H2,1-8H3,(H2,23,26). The Bertz CT molecular complexity index is 768. The van der Waals surface area contributed by atoms with Gasteiger partial charge in [-0.2, -0.15) is 0 Å². The molecule has 2 unspecified atom stereocenters. The maximum Gasteiger partial charge on any atom is 0.193 e. The molecular weight excluding hydrogens is 352 g/mol. The van der Waals surface area contributed by atoms with Crippen LogP contribution in [0, 0.1) is 17.3 Å². The van der Waals surface area contributed by atoms with Crippen LogP contribution in [0.3, 0.4) is 0 Å². The first-order valence-corrected chi connectivity index (χ1v) is 10.0. The molecule has 2 atom stereocenters. The monoisotopic (exact) mass is 388 g/mol. The van der Waals surface area contributed by atoms with Gasteiger partial charge in [0.05, 0.1) is 19.6 Å². The van der Waals surface area contributed by atoms with Crippen molar-refractivity contribution in [1.82, 2.24) is 0 Å². The van der Waals surface area contributed by atoms with Gasteiger partial charge in [0.1, 0.15) is 5.84 Å². The van der Waals surface area contributed by atoms with Crippen molar-refractivity contribution in [2.45, 2.75) is 60.2 Å². The van der Waals surface area contributed by atoms with Crippen molar-refractivity contribution >= 4 is 11.5 Å². The minimum Gasteiger partial charge on any atom is -0.493 e. The van der Waals surface area contributed by atoms with Gasteiger partial charge in [0, 0.05) is 5.71 Å². The molecule has 0 spiro atoms. The summed E-state index contributed by atoms with van der Waals surface area (Å²) in [6, 6.07) is 4.14. The summed E-state index contributed by atoms with van der Waals surface area (Å²) in [4.78, 5) is 9.19. The number of aliphatic imine (C=N–C) groups is 2. The van der Waals surface area contributed by atoms with Gasteiger partial charge < -0.3 is 15.2 Å². The molecule has 1 heterocycles. The second kappa shape index (κ2) is 8.52. The zero-order valence-electron chi connectivity index (χ0n) is 18.5. The molecule has 0 radical (unpaired) electrons. The van der Waals surface area contributed by atoms with Crippen molar-refractivity contribution in [3.8, 4) is 11.5 Å². The molecule has 6 heteroatoms. The van der Waals surface area contributed by atoms with Crippen molar-refractivity contribution in [2.75, 3.05) is 14.2 Å². The number of nitrogens with zero attached hydrogens (tertiary/aromatic N) is 2. The van der Waals surface area contributed by atoms with Crippen molar-refractivity contribution in [1.29, 1.82) is 0 Å². The minimum atomic E-state index is -0.626. The van der Waals surface area contributed by atoms with Crippen molar-refractivity contribution in [3.05, 3.63) is 23.3 Å². The molecule has 0 amide bonds. The predicted molar refractivity (Wildman–Crippen MR) is 116 cm³/mol. The van der Waals surface area contributed by atoms with Crippen LogP contribution in [0.2, 0.25) is 0 Å². The van der Waals surface area contributed by atoms with E-state index in [2.05, 4.69) is 58.7 Å². The first kappa shape index (κ1) is 22.2. The fourth-order valence-corrected chi connectivity index (χ4v) is 4.24. The quantitative estimate of drug-likeness (QED) is 0.744. The van der Waals surface area contributed by atoms with Gasteiger partial charge in [-0.05, 0) is 47.4 Å². The minimum absolute atomic E-state index is 0.206. The van der Waals surface area contributed by atoms with E-state index in [1.165, 1.54) is 11.1 Å². The second-order valence-electron chi connectivity index (χ2n) is 8.46. The van der Waals surface area contributed by atoms with Crippen LogP contribution in [-0.2, 0) is 6.42 Å². The van der Waals surface area contributed by atoms with E-state index in [4.69, 9.17) is 25.9 Å². The van der Waals surface area contributed by atoms with E-state index in [9.17, 15) is 0 Å². The zero-order chi connectivity index (χ0) is 21.2. The van der Waals surface area contributed by atoms with E-state index in [1.807, 2.05) is 0 Å². The average molecular weight is 389 g/mol. The van der Waals surface area contributed by atoms with Gasteiger partial charge in [0.25, 0.3) is 0 Å².